The van der Waals surface area contributed by atoms with Gasteiger partial charge < -0.3 is 15.0 Å². The maximum absolute atomic E-state index is 13.6. The lowest BCUT2D eigenvalue weighted by Gasteiger charge is -2.60. The van der Waals surface area contributed by atoms with E-state index in [1.165, 1.54) is 5.56 Å². The van der Waals surface area contributed by atoms with Crippen LogP contribution in [0.15, 0.2) is 42.7 Å². The highest BCUT2D eigenvalue weighted by molar-refractivity contribution is 6.05. The second-order valence-corrected chi connectivity index (χ2v) is 8.93. The van der Waals surface area contributed by atoms with Crippen LogP contribution < -0.4 is 0 Å². The molecule has 2 aliphatic rings. The smallest absolute Gasteiger partial charge is 0.256 e. The summed E-state index contributed by atoms with van der Waals surface area (Å²) in [6.45, 7) is 7.52. The number of imidazole rings is 1. The first-order valence-corrected chi connectivity index (χ1v) is 9.89. The van der Waals surface area contributed by atoms with Gasteiger partial charge in [-0.1, -0.05) is 39.0 Å². The molecule has 2 bridgehead atoms. The van der Waals surface area contributed by atoms with E-state index in [4.69, 9.17) is 0 Å². The molecule has 0 spiro atoms. The SMILES string of the molecule is CC12CCN(C(=O)c3cccc4[nH]cnc34)C(Cc3c(O)cccc31)C2(C)C. The molecule has 5 nitrogen and oxygen atoms in total. The number of nitrogens with one attached hydrogen (secondary N) is 1. The summed E-state index contributed by atoms with van der Waals surface area (Å²) >= 11 is 0. The fourth-order valence-electron chi connectivity index (χ4n) is 5.46. The van der Waals surface area contributed by atoms with E-state index in [0.717, 1.165) is 23.0 Å². The van der Waals surface area contributed by atoms with Crippen molar-refractivity contribution >= 4 is 16.9 Å². The van der Waals surface area contributed by atoms with Crippen molar-refractivity contribution < 1.29 is 9.90 Å². The minimum absolute atomic E-state index is 0.0220. The van der Waals surface area contributed by atoms with E-state index in [9.17, 15) is 9.90 Å². The first-order valence-electron chi connectivity index (χ1n) is 9.89. The number of phenolic OH excluding ortho intramolecular Hbond substituents is 1. The van der Waals surface area contributed by atoms with Crippen LogP contribution in [0.1, 0.15) is 48.7 Å². The van der Waals surface area contributed by atoms with Gasteiger partial charge in [-0.25, -0.2) is 4.98 Å². The number of likely N-dealkylation sites (tertiary alicyclic amines) is 1. The maximum atomic E-state index is 13.6. The number of fused-ring (bicyclic) bond motifs is 5. The van der Waals surface area contributed by atoms with Crippen LogP contribution in [0.25, 0.3) is 11.0 Å². The number of para-hydroxylation sites is 1. The third-order valence-corrected chi connectivity index (χ3v) is 7.57. The number of aromatic amines is 1. The molecule has 5 heteroatoms. The number of carbonyl (C=O) groups excluding carboxylic acids is 1. The average Bonchev–Trinajstić information content (AvgIpc) is 3.14. The van der Waals surface area contributed by atoms with Crippen molar-refractivity contribution in [3.63, 3.8) is 0 Å². The minimum Gasteiger partial charge on any atom is -0.508 e. The van der Waals surface area contributed by atoms with Gasteiger partial charge in [0.05, 0.1) is 17.4 Å². The molecule has 2 heterocycles. The topological polar surface area (TPSA) is 69.2 Å². The molecule has 0 radical (unpaired) electrons. The molecule has 1 aromatic heterocycles. The molecule has 2 N–H and O–H groups in total. The zero-order valence-corrected chi connectivity index (χ0v) is 16.5. The van der Waals surface area contributed by atoms with Gasteiger partial charge in [-0.2, -0.15) is 0 Å². The van der Waals surface area contributed by atoms with Crippen molar-refractivity contribution in [2.24, 2.45) is 5.41 Å². The summed E-state index contributed by atoms with van der Waals surface area (Å²) in [6, 6.07) is 11.6. The number of hydrogen-bond donors (Lipinski definition) is 2. The molecule has 28 heavy (non-hydrogen) atoms. The molecule has 1 aliphatic carbocycles. The monoisotopic (exact) mass is 375 g/mol. The molecule has 2 unspecified atom stereocenters. The lowest BCUT2D eigenvalue weighted by atomic mass is 9.51. The van der Waals surface area contributed by atoms with Gasteiger partial charge in [0.1, 0.15) is 11.3 Å². The highest BCUT2D eigenvalue weighted by Gasteiger charge is 2.57. The third kappa shape index (κ3) is 2.07. The number of aromatic hydroxyl groups is 1. The lowest BCUT2D eigenvalue weighted by Crippen LogP contribution is -2.64. The van der Waals surface area contributed by atoms with Gasteiger partial charge in [-0.3, -0.25) is 4.79 Å². The van der Waals surface area contributed by atoms with Gasteiger partial charge in [0.15, 0.2) is 0 Å². The van der Waals surface area contributed by atoms with E-state index in [0.29, 0.717) is 24.3 Å². The molecule has 2 aromatic carbocycles. The molecular weight excluding hydrogens is 350 g/mol. The summed E-state index contributed by atoms with van der Waals surface area (Å²) in [7, 11) is 0. The Hall–Kier alpha value is -2.82. The number of nitrogens with zero attached hydrogens (tertiary/aromatic N) is 2. The van der Waals surface area contributed by atoms with Gasteiger partial charge in [0.25, 0.3) is 5.91 Å². The van der Waals surface area contributed by atoms with E-state index in [1.54, 1.807) is 12.4 Å². The van der Waals surface area contributed by atoms with Crippen molar-refractivity contribution in [2.75, 3.05) is 6.54 Å². The number of rotatable bonds is 1. The molecule has 2 atom stereocenters. The summed E-state index contributed by atoms with van der Waals surface area (Å²) in [6.07, 6.45) is 3.18. The standard InChI is InChI=1S/C23H25N3O2/c1-22(2)19-12-15-16(7-5-9-18(15)27)23(22,3)10-11-26(19)21(28)14-6-4-8-17-20(14)25-13-24-17/h4-9,13,19,27H,10-12H2,1-3H3,(H,24,25). The Labute approximate surface area is 164 Å². The Morgan fingerprint density at radius 2 is 2.00 bits per heavy atom. The van der Waals surface area contributed by atoms with Crippen LogP contribution in [-0.4, -0.2) is 38.5 Å². The van der Waals surface area contributed by atoms with Crippen molar-refractivity contribution in [3.05, 3.63) is 59.4 Å². The molecular formula is C23H25N3O2. The Kier molecular flexibility index (Phi) is 3.46. The van der Waals surface area contributed by atoms with Crippen LogP contribution >= 0.6 is 0 Å². The van der Waals surface area contributed by atoms with Crippen molar-refractivity contribution in [1.82, 2.24) is 14.9 Å². The normalized spacial score (nSPS) is 25.5. The minimum atomic E-state index is -0.110. The van der Waals surface area contributed by atoms with E-state index >= 15 is 0 Å². The Morgan fingerprint density at radius 1 is 1.21 bits per heavy atom. The number of H-pyrrole nitrogens is 1. The number of amides is 1. The first kappa shape index (κ1) is 17.3. The van der Waals surface area contributed by atoms with Crippen molar-refractivity contribution in [2.45, 2.75) is 45.1 Å². The van der Waals surface area contributed by atoms with Crippen molar-refractivity contribution in [3.8, 4) is 5.75 Å². The van der Waals surface area contributed by atoms with E-state index < -0.39 is 0 Å². The fourth-order valence-corrected chi connectivity index (χ4v) is 5.46. The molecule has 1 amide bonds. The number of benzene rings is 2. The molecule has 1 aliphatic heterocycles. The third-order valence-electron chi connectivity index (χ3n) is 7.57. The number of piperidine rings is 1. The zero-order valence-electron chi connectivity index (χ0n) is 16.5. The van der Waals surface area contributed by atoms with Crippen LogP contribution in [0.4, 0.5) is 0 Å². The number of phenols is 1. The molecule has 3 aromatic rings. The van der Waals surface area contributed by atoms with Crippen LogP contribution in [0.5, 0.6) is 5.75 Å². The van der Waals surface area contributed by atoms with Crippen LogP contribution in [0.3, 0.4) is 0 Å². The van der Waals surface area contributed by atoms with E-state index in [2.05, 4.69) is 36.8 Å². The Morgan fingerprint density at radius 3 is 2.82 bits per heavy atom. The predicted molar refractivity (Wildman–Crippen MR) is 108 cm³/mol. The highest BCUT2D eigenvalue weighted by Crippen LogP contribution is 2.57. The number of carbonyl (C=O) groups is 1. The number of hydrogen-bond acceptors (Lipinski definition) is 3. The second kappa shape index (κ2) is 5.60. The van der Waals surface area contributed by atoms with Gasteiger partial charge >= 0.3 is 0 Å². The Balaban J connectivity index is 1.62. The summed E-state index contributed by atoms with van der Waals surface area (Å²) in [5.74, 6) is 0.365. The quantitative estimate of drug-likeness (QED) is 0.675. The predicted octanol–water partition coefficient (Wildman–Crippen LogP) is 4.02. The molecule has 5 rings (SSSR count). The summed E-state index contributed by atoms with van der Waals surface area (Å²) in [5.41, 5.74) is 4.26. The molecule has 144 valence electrons. The van der Waals surface area contributed by atoms with E-state index in [1.807, 2.05) is 29.2 Å². The van der Waals surface area contributed by atoms with Crippen LogP contribution in [0.2, 0.25) is 0 Å². The molecule has 1 fully saturated rings. The number of aromatic nitrogens is 2. The zero-order chi connectivity index (χ0) is 19.7. The average molecular weight is 375 g/mol. The van der Waals surface area contributed by atoms with Gasteiger partial charge in [-0.15, -0.1) is 0 Å². The fraction of sp³-hybridized carbons (Fsp3) is 0.391. The first-order chi connectivity index (χ1) is 13.3. The second-order valence-electron chi connectivity index (χ2n) is 8.93. The van der Waals surface area contributed by atoms with Gasteiger partial charge in [-0.05, 0) is 47.6 Å². The lowest BCUT2D eigenvalue weighted by molar-refractivity contribution is -0.0265. The summed E-state index contributed by atoms with van der Waals surface area (Å²) < 4.78 is 0. The van der Waals surface area contributed by atoms with E-state index in [-0.39, 0.29) is 22.8 Å². The molecule has 1 saturated heterocycles. The van der Waals surface area contributed by atoms with Crippen LogP contribution in [-0.2, 0) is 11.8 Å². The largest absolute Gasteiger partial charge is 0.508 e. The van der Waals surface area contributed by atoms with Crippen molar-refractivity contribution in [1.29, 1.82) is 0 Å². The summed E-state index contributed by atoms with van der Waals surface area (Å²) in [5, 5.41) is 10.5. The summed E-state index contributed by atoms with van der Waals surface area (Å²) in [4.78, 5) is 23.1. The highest BCUT2D eigenvalue weighted by atomic mass is 16.3. The Bertz CT molecular complexity index is 1100. The van der Waals surface area contributed by atoms with Gasteiger partial charge in [0.2, 0.25) is 0 Å². The van der Waals surface area contributed by atoms with Gasteiger partial charge in [0, 0.05) is 18.0 Å². The molecule has 0 saturated carbocycles. The maximum Gasteiger partial charge on any atom is 0.256 e. The van der Waals surface area contributed by atoms with Crippen LogP contribution in [0, 0.1) is 5.41 Å².